The lowest BCUT2D eigenvalue weighted by Gasteiger charge is -2.20. The Morgan fingerprint density at radius 2 is 1.88 bits per heavy atom. The topological polar surface area (TPSA) is 60.2 Å². The summed E-state index contributed by atoms with van der Waals surface area (Å²) in [4.78, 5) is 20.0. The lowest BCUT2D eigenvalue weighted by molar-refractivity contribution is -0.120. The van der Waals surface area contributed by atoms with Gasteiger partial charge in [-0.15, -0.1) is 0 Å². The molecule has 0 unspecified atom stereocenters. The standard InChI is InChI=1S/C26H30N4O2S/c1-17(2)22-7-6-8-23-25(22)27-26(33-23)29(13-14-30-20(5)15-19(4)28-30)24(31)16-32-21-11-9-18(3)10-12-21/h6-12,15,17H,13-14,16H2,1-5H3. The Labute approximate surface area is 198 Å². The molecule has 2 heterocycles. The minimum atomic E-state index is -0.123. The molecule has 4 aromatic rings. The number of carbonyl (C=O) groups is 1. The van der Waals surface area contributed by atoms with Crippen LogP contribution in [0.5, 0.6) is 5.75 Å². The van der Waals surface area contributed by atoms with E-state index in [2.05, 4.69) is 37.1 Å². The van der Waals surface area contributed by atoms with Crippen LogP contribution in [-0.4, -0.2) is 33.8 Å². The van der Waals surface area contributed by atoms with Crippen LogP contribution in [0.15, 0.2) is 48.5 Å². The normalized spacial score (nSPS) is 11.3. The van der Waals surface area contributed by atoms with E-state index in [0.717, 1.165) is 27.2 Å². The maximum absolute atomic E-state index is 13.3. The van der Waals surface area contributed by atoms with Gasteiger partial charge in [0.2, 0.25) is 0 Å². The van der Waals surface area contributed by atoms with Gasteiger partial charge in [0, 0.05) is 12.2 Å². The lowest BCUT2D eigenvalue weighted by Crippen LogP contribution is -2.37. The van der Waals surface area contributed by atoms with Crippen LogP contribution in [0.1, 0.15) is 42.3 Å². The third kappa shape index (κ3) is 5.25. The molecular formula is C26H30N4O2S. The maximum atomic E-state index is 13.3. The van der Waals surface area contributed by atoms with Gasteiger partial charge in [-0.3, -0.25) is 14.4 Å². The monoisotopic (exact) mass is 462 g/mol. The van der Waals surface area contributed by atoms with E-state index in [0.29, 0.717) is 29.9 Å². The van der Waals surface area contributed by atoms with Crippen LogP contribution in [-0.2, 0) is 11.3 Å². The van der Waals surface area contributed by atoms with Crippen LogP contribution in [0.2, 0.25) is 0 Å². The molecule has 2 aromatic carbocycles. The summed E-state index contributed by atoms with van der Waals surface area (Å²) in [5, 5.41) is 5.24. The highest BCUT2D eigenvalue weighted by molar-refractivity contribution is 7.22. The number of carbonyl (C=O) groups excluding carboxylic acids is 1. The fourth-order valence-electron chi connectivity index (χ4n) is 3.82. The number of aryl methyl sites for hydroxylation is 3. The highest BCUT2D eigenvalue weighted by atomic mass is 32.1. The Balaban J connectivity index is 1.60. The largest absolute Gasteiger partial charge is 0.484 e. The Kier molecular flexibility index (Phi) is 6.79. The third-order valence-electron chi connectivity index (χ3n) is 5.61. The van der Waals surface area contributed by atoms with Gasteiger partial charge in [0.05, 0.1) is 22.5 Å². The van der Waals surface area contributed by atoms with E-state index in [1.54, 1.807) is 16.2 Å². The van der Waals surface area contributed by atoms with Gasteiger partial charge >= 0.3 is 0 Å². The second kappa shape index (κ2) is 9.75. The highest BCUT2D eigenvalue weighted by Gasteiger charge is 2.22. The molecule has 4 rings (SSSR count). The van der Waals surface area contributed by atoms with Gasteiger partial charge in [-0.2, -0.15) is 5.10 Å². The van der Waals surface area contributed by atoms with Gasteiger partial charge in [0.15, 0.2) is 11.7 Å². The summed E-state index contributed by atoms with van der Waals surface area (Å²) in [5.41, 5.74) is 5.35. The van der Waals surface area contributed by atoms with Gasteiger partial charge in [0.1, 0.15) is 5.75 Å². The predicted octanol–water partition coefficient (Wildman–Crippen LogP) is 5.65. The third-order valence-corrected chi connectivity index (χ3v) is 6.66. The zero-order valence-corrected chi connectivity index (χ0v) is 20.6. The second-order valence-electron chi connectivity index (χ2n) is 8.64. The Bertz CT molecular complexity index is 1260. The van der Waals surface area contributed by atoms with Crippen molar-refractivity contribution in [3.05, 3.63) is 71.0 Å². The smallest absolute Gasteiger partial charge is 0.266 e. The number of rotatable bonds is 8. The zero-order valence-electron chi connectivity index (χ0n) is 19.8. The number of ether oxygens (including phenoxy) is 1. The van der Waals surface area contributed by atoms with Crippen molar-refractivity contribution in [2.45, 2.75) is 47.1 Å². The van der Waals surface area contributed by atoms with E-state index >= 15 is 0 Å². The van der Waals surface area contributed by atoms with Crippen LogP contribution >= 0.6 is 11.3 Å². The summed E-state index contributed by atoms with van der Waals surface area (Å²) in [6.07, 6.45) is 0. The van der Waals surface area contributed by atoms with Crippen molar-refractivity contribution in [1.29, 1.82) is 0 Å². The Hall–Kier alpha value is -3.19. The van der Waals surface area contributed by atoms with E-state index in [-0.39, 0.29) is 12.5 Å². The van der Waals surface area contributed by atoms with Gasteiger partial charge in [-0.1, -0.05) is 55.0 Å². The van der Waals surface area contributed by atoms with Crippen molar-refractivity contribution in [2.75, 3.05) is 18.1 Å². The van der Waals surface area contributed by atoms with Crippen molar-refractivity contribution in [3.8, 4) is 5.75 Å². The Morgan fingerprint density at radius 1 is 1.12 bits per heavy atom. The molecule has 1 amide bonds. The quantitative estimate of drug-likeness (QED) is 0.339. The van der Waals surface area contributed by atoms with Crippen molar-refractivity contribution in [1.82, 2.24) is 14.8 Å². The molecule has 7 heteroatoms. The summed E-state index contributed by atoms with van der Waals surface area (Å²) in [6, 6.07) is 16.0. The number of amides is 1. The van der Waals surface area contributed by atoms with E-state index in [1.807, 2.05) is 55.8 Å². The first-order valence-corrected chi connectivity index (χ1v) is 12.0. The van der Waals surface area contributed by atoms with E-state index < -0.39 is 0 Å². The van der Waals surface area contributed by atoms with E-state index in [1.165, 1.54) is 5.56 Å². The van der Waals surface area contributed by atoms with Gasteiger partial charge < -0.3 is 4.74 Å². The van der Waals surface area contributed by atoms with Crippen molar-refractivity contribution in [2.24, 2.45) is 0 Å². The first kappa shape index (κ1) is 23.0. The second-order valence-corrected chi connectivity index (χ2v) is 9.65. The molecule has 2 aromatic heterocycles. The molecule has 0 saturated heterocycles. The molecule has 0 saturated carbocycles. The van der Waals surface area contributed by atoms with E-state index in [9.17, 15) is 4.79 Å². The highest BCUT2D eigenvalue weighted by Crippen LogP contribution is 2.33. The van der Waals surface area contributed by atoms with Crippen LogP contribution in [0.25, 0.3) is 10.2 Å². The molecule has 0 N–H and O–H groups in total. The first-order chi connectivity index (χ1) is 15.8. The molecular weight excluding hydrogens is 432 g/mol. The minimum absolute atomic E-state index is 0.0485. The molecule has 33 heavy (non-hydrogen) atoms. The zero-order chi connectivity index (χ0) is 23.5. The predicted molar refractivity (Wildman–Crippen MR) is 134 cm³/mol. The first-order valence-electron chi connectivity index (χ1n) is 11.2. The SMILES string of the molecule is Cc1ccc(OCC(=O)N(CCn2nc(C)cc2C)c2nc3c(C(C)C)cccc3s2)cc1. The Morgan fingerprint density at radius 3 is 2.55 bits per heavy atom. The minimum Gasteiger partial charge on any atom is -0.484 e. The molecule has 0 bridgehead atoms. The number of fused-ring (bicyclic) bond motifs is 1. The molecule has 0 fully saturated rings. The fraction of sp³-hybridized carbons (Fsp3) is 0.346. The number of hydrogen-bond donors (Lipinski definition) is 0. The summed E-state index contributed by atoms with van der Waals surface area (Å²) < 4.78 is 8.82. The van der Waals surface area contributed by atoms with Gasteiger partial charge in [0.25, 0.3) is 5.91 Å². The molecule has 0 spiro atoms. The molecule has 0 aliphatic heterocycles. The van der Waals surface area contributed by atoms with E-state index in [4.69, 9.17) is 9.72 Å². The average Bonchev–Trinajstić information content (AvgIpc) is 3.35. The van der Waals surface area contributed by atoms with Crippen molar-refractivity contribution < 1.29 is 9.53 Å². The van der Waals surface area contributed by atoms with Crippen molar-refractivity contribution >= 4 is 32.6 Å². The molecule has 0 aliphatic carbocycles. The average molecular weight is 463 g/mol. The molecule has 0 radical (unpaired) electrons. The summed E-state index contributed by atoms with van der Waals surface area (Å²) in [7, 11) is 0. The lowest BCUT2D eigenvalue weighted by atomic mass is 10.0. The van der Waals surface area contributed by atoms with Crippen LogP contribution in [0.4, 0.5) is 5.13 Å². The number of benzene rings is 2. The summed E-state index contributed by atoms with van der Waals surface area (Å²) in [6.45, 7) is 11.4. The summed E-state index contributed by atoms with van der Waals surface area (Å²) in [5.74, 6) is 0.911. The van der Waals surface area contributed by atoms with Crippen LogP contribution in [0.3, 0.4) is 0 Å². The van der Waals surface area contributed by atoms with Crippen LogP contribution < -0.4 is 9.64 Å². The number of anilines is 1. The molecule has 172 valence electrons. The number of hydrogen-bond acceptors (Lipinski definition) is 5. The number of para-hydroxylation sites is 1. The maximum Gasteiger partial charge on any atom is 0.266 e. The van der Waals surface area contributed by atoms with Gasteiger partial charge in [-0.05, 0) is 56.5 Å². The van der Waals surface area contributed by atoms with Gasteiger partial charge in [-0.25, -0.2) is 4.98 Å². The summed E-state index contributed by atoms with van der Waals surface area (Å²) >= 11 is 1.54. The number of nitrogens with zero attached hydrogens (tertiary/aromatic N) is 4. The number of aromatic nitrogens is 3. The van der Waals surface area contributed by atoms with Crippen LogP contribution in [0, 0.1) is 20.8 Å². The molecule has 6 nitrogen and oxygen atoms in total. The number of thiazole rings is 1. The fourth-order valence-corrected chi connectivity index (χ4v) is 4.86. The molecule has 0 aliphatic rings. The van der Waals surface area contributed by atoms with Crippen molar-refractivity contribution in [3.63, 3.8) is 0 Å². The molecule has 0 atom stereocenters.